The molecule has 228 valence electrons. The first-order valence-corrected chi connectivity index (χ1v) is 16.4. The molecule has 0 aliphatic carbocycles. The predicted octanol–water partition coefficient (Wildman–Crippen LogP) is 11.9. The summed E-state index contributed by atoms with van der Waals surface area (Å²) in [5.74, 6) is 1.94. The van der Waals surface area contributed by atoms with E-state index in [4.69, 9.17) is 19.4 Å². The third kappa shape index (κ3) is 4.65. The number of nitrogens with zero attached hydrogens (tertiary/aromatic N) is 3. The molecule has 8 aromatic carbocycles. The molecule has 0 aliphatic heterocycles. The first kappa shape index (κ1) is 27.5. The largest absolute Gasteiger partial charge is 0.456 e. The van der Waals surface area contributed by atoms with Crippen LogP contribution in [-0.4, -0.2) is 15.0 Å². The van der Waals surface area contributed by atoms with E-state index in [0.717, 1.165) is 60.5 Å². The maximum absolute atomic E-state index is 6.47. The highest BCUT2D eigenvalue weighted by atomic mass is 16.3. The fourth-order valence-electron chi connectivity index (χ4n) is 7.06. The SMILES string of the molecule is c1ccc(-c2nc(-c3ccccc3)nc(-c3ccc4ccc(-c5cccc6oc7cc8ccc9ccccc9c8cc7c56)cc4c3)n2)cc1. The summed E-state index contributed by atoms with van der Waals surface area (Å²) in [5, 5.41) is 9.39. The van der Waals surface area contributed by atoms with Gasteiger partial charge in [-0.15, -0.1) is 0 Å². The van der Waals surface area contributed by atoms with Crippen molar-refractivity contribution in [3.63, 3.8) is 0 Å². The van der Waals surface area contributed by atoms with Gasteiger partial charge in [0.15, 0.2) is 17.5 Å². The molecule has 0 unspecified atom stereocenters. The molecule has 0 amide bonds. The smallest absolute Gasteiger partial charge is 0.164 e. The van der Waals surface area contributed by atoms with E-state index in [1.165, 1.54) is 21.5 Å². The van der Waals surface area contributed by atoms with Crippen molar-refractivity contribution >= 4 is 54.3 Å². The third-order valence-electron chi connectivity index (χ3n) is 9.47. The minimum atomic E-state index is 0.641. The van der Waals surface area contributed by atoms with E-state index < -0.39 is 0 Å². The van der Waals surface area contributed by atoms with Gasteiger partial charge in [0.25, 0.3) is 0 Å². The van der Waals surface area contributed by atoms with Crippen molar-refractivity contribution in [1.29, 1.82) is 0 Å². The number of benzene rings is 8. The normalized spacial score (nSPS) is 11.7. The van der Waals surface area contributed by atoms with Crippen molar-refractivity contribution in [2.45, 2.75) is 0 Å². The highest BCUT2D eigenvalue weighted by Crippen LogP contribution is 2.40. The molecule has 10 rings (SSSR count). The van der Waals surface area contributed by atoms with Gasteiger partial charge in [-0.25, -0.2) is 15.0 Å². The van der Waals surface area contributed by atoms with Crippen molar-refractivity contribution < 1.29 is 4.42 Å². The van der Waals surface area contributed by atoms with E-state index in [-0.39, 0.29) is 0 Å². The highest BCUT2D eigenvalue weighted by Gasteiger charge is 2.16. The first-order valence-electron chi connectivity index (χ1n) is 16.4. The number of fused-ring (bicyclic) bond motifs is 7. The molecule has 49 heavy (non-hydrogen) atoms. The van der Waals surface area contributed by atoms with E-state index in [9.17, 15) is 0 Å². The number of hydrogen-bond acceptors (Lipinski definition) is 4. The molecule has 2 heterocycles. The van der Waals surface area contributed by atoms with Gasteiger partial charge < -0.3 is 4.42 Å². The van der Waals surface area contributed by atoms with E-state index in [0.29, 0.717) is 17.5 Å². The van der Waals surface area contributed by atoms with Crippen LogP contribution in [0.25, 0.3) is 99.5 Å². The summed E-state index contributed by atoms with van der Waals surface area (Å²) >= 11 is 0. The summed E-state index contributed by atoms with van der Waals surface area (Å²) in [7, 11) is 0. The number of rotatable bonds is 4. The monoisotopic (exact) mass is 625 g/mol. The van der Waals surface area contributed by atoms with Crippen LogP contribution in [0.2, 0.25) is 0 Å². The van der Waals surface area contributed by atoms with Crippen molar-refractivity contribution in [2.75, 3.05) is 0 Å². The van der Waals surface area contributed by atoms with E-state index in [1.807, 2.05) is 60.7 Å². The van der Waals surface area contributed by atoms with Gasteiger partial charge in [-0.3, -0.25) is 0 Å². The van der Waals surface area contributed by atoms with Gasteiger partial charge in [-0.05, 0) is 73.8 Å². The maximum atomic E-state index is 6.47. The Morgan fingerprint density at radius 2 is 0.939 bits per heavy atom. The molecule has 10 aromatic rings. The molecule has 0 atom stereocenters. The second-order valence-electron chi connectivity index (χ2n) is 12.5. The van der Waals surface area contributed by atoms with Crippen LogP contribution >= 0.6 is 0 Å². The molecular weight excluding hydrogens is 599 g/mol. The lowest BCUT2D eigenvalue weighted by Gasteiger charge is -2.10. The molecule has 0 radical (unpaired) electrons. The zero-order chi connectivity index (χ0) is 32.3. The van der Waals surface area contributed by atoms with Crippen LogP contribution < -0.4 is 0 Å². The molecule has 4 nitrogen and oxygen atoms in total. The molecule has 0 bridgehead atoms. The summed E-state index contributed by atoms with van der Waals surface area (Å²) in [6.07, 6.45) is 0. The number of furan rings is 1. The van der Waals surface area contributed by atoms with E-state index in [1.54, 1.807) is 0 Å². The van der Waals surface area contributed by atoms with Gasteiger partial charge in [0.2, 0.25) is 0 Å². The van der Waals surface area contributed by atoms with Gasteiger partial charge in [0.1, 0.15) is 11.2 Å². The predicted molar refractivity (Wildman–Crippen MR) is 201 cm³/mol. The molecule has 2 aromatic heterocycles. The highest BCUT2D eigenvalue weighted by molar-refractivity contribution is 6.19. The molecule has 0 aliphatic rings. The molecule has 0 saturated carbocycles. The zero-order valence-electron chi connectivity index (χ0n) is 26.3. The van der Waals surface area contributed by atoms with Crippen LogP contribution in [-0.2, 0) is 0 Å². The second-order valence-corrected chi connectivity index (χ2v) is 12.5. The summed E-state index contributed by atoms with van der Waals surface area (Å²) in [6, 6.07) is 57.0. The molecule has 0 saturated heterocycles. The van der Waals surface area contributed by atoms with Crippen LogP contribution in [0.1, 0.15) is 0 Å². The average Bonchev–Trinajstić information content (AvgIpc) is 3.55. The fraction of sp³-hybridized carbons (Fsp3) is 0. The summed E-state index contributed by atoms with van der Waals surface area (Å²) < 4.78 is 6.47. The molecule has 4 heteroatoms. The Morgan fingerprint density at radius 1 is 0.327 bits per heavy atom. The van der Waals surface area contributed by atoms with Gasteiger partial charge in [0, 0.05) is 27.5 Å². The lowest BCUT2D eigenvalue weighted by atomic mass is 9.95. The Balaban J connectivity index is 1.14. The quantitative estimate of drug-likeness (QED) is 0.183. The number of hydrogen-bond donors (Lipinski definition) is 0. The van der Waals surface area contributed by atoms with Crippen molar-refractivity contribution in [3.05, 3.63) is 164 Å². The Bertz CT molecular complexity index is 2820. The summed E-state index contributed by atoms with van der Waals surface area (Å²) in [5.41, 5.74) is 6.88. The van der Waals surface area contributed by atoms with Crippen LogP contribution in [0.15, 0.2) is 168 Å². The fourth-order valence-corrected chi connectivity index (χ4v) is 7.06. The maximum Gasteiger partial charge on any atom is 0.164 e. The minimum absolute atomic E-state index is 0.641. The van der Waals surface area contributed by atoms with Crippen LogP contribution in [0.5, 0.6) is 0 Å². The Labute approximate surface area is 282 Å². The van der Waals surface area contributed by atoms with Gasteiger partial charge in [-0.1, -0.05) is 133 Å². The molecule has 0 fully saturated rings. The zero-order valence-corrected chi connectivity index (χ0v) is 26.3. The standard InChI is InChI=1S/C45H27N3O/c1-3-11-30(12-4-1)43-46-44(31-13-5-2-6-14-31)48-45(47-43)34-23-19-28-18-21-32(24-35(28)25-34)37-16-9-17-40-42(37)39-27-38-33(26-41(39)49-40)22-20-29-10-7-8-15-36(29)38/h1-27H. The van der Waals surface area contributed by atoms with Gasteiger partial charge in [-0.2, -0.15) is 0 Å². The number of aromatic nitrogens is 3. The average molecular weight is 626 g/mol. The van der Waals surface area contributed by atoms with Crippen LogP contribution in [0, 0.1) is 0 Å². The third-order valence-corrected chi connectivity index (χ3v) is 9.47. The van der Waals surface area contributed by atoms with Gasteiger partial charge in [0.05, 0.1) is 0 Å². The van der Waals surface area contributed by atoms with E-state index >= 15 is 0 Å². The summed E-state index contributed by atoms with van der Waals surface area (Å²) in [6.45, 7) is 0. The molecule has 0 spiro atoms. The lowest BCUT2D eigenvalue weighted by molar-refractivity contribution is 0.669. The lowest BCUT2D eigenvalue weighted by Crippen LogP contribution is -2.00. The van der Waals surface area contributed by atoms with Crippen molar-refractivity contribution in [3.8, 4) is 45.3 Å². The minimum Gasteiger partial charge on any atom is -0.456 e. The van der Waals surface area contributed by atoms with Crippen LogP contribution in [0.4, 0.5) is 0 Å². The van der Waals surface area contributed by atoms with Gasteiger partial charge >= 0.3 is 0 Å². The Morgan fingerprint density at radius 3 is 1.69 bits per heavy atom. The Kier molecular flexibility index (Phi) is 6.15. The van der Waals surface area contributed by atoms with E-state index in [2.05, 4.69) is 103 Å². The first-order chi connectivity index (χ1) is 24.2. The molecule has 0 N–H and O–H groups in total. The second kappa shape index (κ2) is 11.0. The Hall–Kier alpha value is -6.65. The summed E-state index contributed by atoms with van der Waals surface area (Å²) in [4.78, 5) is 14.8. The molecular formula is C45H27N3O. The van der Waals surface area contributed by atoms with Crippen LogP contribution in [0.3, 0.4) is 0 Å². The topological polar surface area (TPSA) is 51.8 Å². The van der Waals surface area contributed by atoms with Crippen molar-refractivity contribution in [2.24, 2.45) is 0 Å². The van der Waals surface area contributed by atoms with Crippen molar-refractivity contribution in [1.82, 2.24) is 15.0 Å².